The standard InChI is InChI=1S/C18H34N4O10/c23-7-3-21(4-8-24)15(27)11-19(13-17(29)30)1-2-20(14-18(31)32)12-16(28)22(5-9-25)6-10-26/h23-26H,1-14H2,(H,29,30)(H,31,32). The number of hydrogen-bond donors (Lipinski definition) is 6. The SMILES string of the molecule is O=C(O)CN(CCN(CC(=O)O)CC(=O)N(CCO)CCO)CC(=O)N(CCO)CCO. The molecule has 0 aromatic rings. The van der Waals surface area contributed by atoms with Gasteiger partial charge in [-0.05, 0) is 0 Å². The highest BCUT2D eigenvalue weighted by molar-refractivity contribution is 5.80. The minimum atomic E-state index is -1.22. The highest BCUT2D eigenvalue weighted by Gasteiger charge is 2.22. The molecule has 0 bridgehead atoms. The van der Waals surface area contributed by atoms with Crippen molar-refractivity contribution in [3.63, 3.8) is 0 Å². The molecule has 32 heavy (non-hydrogen) atoms. The molecule has 6 N–H and O–H groups in total. The lowest BCUT2D eigenvalue weighted by Crippen LogP contribution is -2.48. The van der Waals surface area contributed by atoms with E-state index in [4.69, 9.17) is 30.6 Å². The van der Waals surface area contributed by atoms with E-state index in [1.807, 2.05) is 0 Å². The molecule has 14 nitrogen and oxygen atoms in total. The molecular formula is C18H34N4O10. The Morgan fingerprint density at radius 3 is 0.969 bits per heavy atom. The van der Waals surface area contributed by atoms with Crippen LogP contribution in [0.5, 0.6) is 0 Å². The zero-order valence-corrected chi connectivity index (χ0v) is 18.0. The summed E-state index contributed by atoms with van der Waals surface area (Å²) in [5, 5.41) is 54.4. The molecule has 14 heteroatoms. The van der Waals surface area contributed by atoms with Crippen LogP contribution in [0.3, 0.4) is 0 Å². The van der Waals surface area contributed by atoms with E-state index < -0.39 is 36.8 Å². The molecule has 0 aromatic heterocycles. The quantitative estimate of drug-likeness (QED) is 0.106. The summed E-state index contributed by atoms with van der Waals surface area (Å²) in [6, 6.07) is 0. The number of aliphatic carboxylic acids is 2. The van der Waals surface area contributed by atoms with Crippen LogP contribution < -0.4 is 0 Å². The summed E-state index contributed by atoms with van der Waals surface area (Å²) in [7, 11) is 0. The predicted octanol–water partition coefficient (Wildman–Crippen LogP) is -4.61. The van der Waals surface area contributed by atoms with Crippen LogP contribution in [0.15, 0.2) is 0 Å². The number of aliphatic hydroxyl groups excluding tert-OH is 4. The summed E-state index contributed by atoms with van der Waals surface area (Å²) in [5.74, 6) is -3.47. The topological polar surface area (TPSA) is 203 Å². The van der Waals surface area contributed by atoms with Crippen molar-refractivity contribution in [3.05, 3.63) is 0 Å². The Morgan fingerprint density at radius 1 is 0.469 bits per heavy atom. The Hall–Kier alpha value is -2.36. The fourth-order valence-corrected chi connectivity index (χ4v) is 2.88. The number of carboxylic acids is 2. The van der Waals surface area contributed by atoms with Gasteiger partial charge in [-0.25, -0.2) is 0 Å². The van der Waals surface area contributed by atoms with Crippen molar-refractivity contribution in [3.8, 4) is 0 Å². The summed E-state index contributed by atoms with van der Waals surface area (Å²) in [6.45, 7) is -3.32. The van der Waals surface area contributed by atoms with Gasteiger partial charge in [-0.1, -0.05) is 0 Å². The van der Waals surface area contributed by atoms with Gasteiger partial charge >= 0.3 is 11.9 Å². The van der Waals surface area contributed by atoms with Crippen LogP contribution in [0.25, 0.3) is 0 Å². The van der Waals surface area contributed by atoms with E-state index in [1.54, 1.807) is 0 Å². The van der Waals surface area contributed by atoms with Crippen LogP contribution in [-0.4, -0.2) is 166 Å². The lowest BCUT2D eigenvalue weighted by atomic mass is 10.3. The first-order chi connectivity index (χ1) is 15.2. The number of aliphatic hydroxyl groups is 4. The largest absolute Gasteiger partial charge is 0.480 e. The molecule has 0 saturated carbocycles. The highest BCUT2D eigenvalue weighted by Crippen LogP contribution is 2.00. The predicted molar refractivity (Wildman–Crippen MR) is 110 cm³/mol. The Labute approximate surface area is 185 Å². The molecule has 0 atom stereocenters. The highest BCUT2D eigenvalue weighted by atomic mass is 16.4. The van der Waals surface area contributed by atoms with Crippen molar-refractivity contribution >= 4 is 23.8 Å². The second-order valence-electron chi connectivity index (χ2n) is 6.86. The number of amides is 2. The lowest BCUT2D eigenvalue weighted by Gasteiger charge is -2.29. The normalized spacial score (nSPS) is 11.1. The van der Waals surface area contributed by atoms with E-state index in [1.165, 1.54) is 19.6 Å². The van der Waals surface area contributed by atoms with Gasteiger partial charge in [0.05, 0.1) is 52.6 Å². The third-order valence-electron chi connectivity index (χ3n) is 4.35. The second kappa shape index (κ2) is 17.2. The molecule has 0 saturated heterocycles. The molecule has 186 valence electrons. The number of carbonyl (C=O) groups excluding carboxylic acids is 2. The Morgan fingerprint density at radius 2 is 0.750 bits per heavy atom. The van der Waals surface area contributed by atoms with Crippen molar-refractivity contribution < 1.29 is 49.8 Å². The maximum absolute atomic E-state index is 12.4. The lowest BCUT2D eigenvalue weighted by molar-refractivity contribution is -0.143. The Balaban J connectivity index is 5.19. The number of carbonyl (C=O) groups is 4. The Bertz CT molecular complexity index is 530. The van der Waals surface area contributed by atoms with Gasteiger partial charge in [0.15, 0.2) is 0 Å². The third-order valence-corrected chi connectivity index (χ3v) is 4.35. The number of nitrogens with zero attached hydrogens (tertiary/aromatic N) is 4. The Kier molecular flexibility index (Phi) is 16.0. The molecule has 0 heterocycles. The van der Waals surface area contributed by atoms with E-state index in [9.17, 15) is 19.2 Å². The number of carboxylic acid groups (broad SMARTS) is 2. The smallest absolute Gasteiger partial charge is 0.317 e. The molecule has 0 aliphatic carbocycles. The summed E-state index contributed by atoms with van der Waals surface area (Å²) < 4.78 is 0. The molecule has 0 spiro atoms. The van der Waals surface area contributed by atoms with Gasteiger partial charge in [0.2, 0.25) is 11.8 Å². The van der Waals surface area contributed by atoms with Gasteiger partial charge in [0, 0.05) is 39.3 Å². The first kappa shape index (κ1) is 29.6. The van der Waals surface area contributed by atoms with Crippen LogP contribution in [0, 0.1) is 0 Å². The molecule has 0 radical (unpaired) electrons. The van der Waals surface area contributed by atoms with Crippen LogP contribution in [0.1, 0.15) is 0 Å². The summed E-state index contributed by atoms with van der Waals surface area (Å²) in [6.07, 6.45) is 0. The van der Waals surface area contributed by atoms with Gasteiger partial charge in [-0.3, -0.25) is 29.0 Å². The fraction of sp³-hybridized carbons (Fsp3) is 0.778. The first-order valence-corrected chi connectivity index (χ1v) is 10.1. The van der Waals surface area contributed by atoms with Gasteiger partial charge in [0.1, 0.15) is 0 Å². The van der Waals surface area contributed by atoms with Gasteiger partial charge < -0.3 is 40.4 Å². The van der Waals surface area contributed by atoms with Crippen molar-refractivity contribution in [1.82, 2.24) is 19.6 Å². The molecule has 2 amide bonds. The molecule has 0 unspecified atom stereocenters. The van der Waals surface area contributed by atoms with Crippen LogP contribution >= 0.6 is 0 Å². The fourth-order valence-electron chi connectivity index (χ4n) is 2.88. The number of hydrogen-bond acceptors (Lipinski definition) is 10. The van der Waals surface area contributed by atoms with Gasteiger partial charge in [0.25, 0.3) is 0 Å². The van der Waals surface area contributed by atoms with E-state index in [0.29, 0.717) is 0 Å². The van der Waals surface area contributed by atoms with Gasteiger partial charge in [-0.15, -0.1) is 0 Å². The van der Waals surface area contributed by atoms with Crippen molar-refractivity contribution in [2.75, 3.05) is 91.9 Å². The summed E-state index contributed by atoms with van der Waals surface area (Å²) in [4.78, 5) is 52.0. The van der Waals surface area contributed by atoms with Crippen molar-refractivity contribution in [2.24, 2.45) is 0 Å². The summed E-state index contributed by atoms with van der Waals surface area (Å²) >= 11 is 0. The second-order valence-corrected chi connectivity index (χ2v) is 6.86. The minimum absolute atomic E-state index is 0.0362. The maximum atomic E-state index is 12.4. The van der Waals surface area contributed by atoms with E-state index in [0.717, 1.165) is 0 Å². The maximum Gasteiger partial charge on any atom is 0.317 e. The molecule has 0 aliphatic rings. The average Bonchev–Trinajstić information content (AvgIpc) is 2.70. The van der Waals surface area contributed by atoms with E-state index >= 15 is 0 Å². The zero-order chi connectivity index (χ0) is 24.5. The average molecular weight is 466 g/mol. The third kappa shape index (κ3) is 13.1. The molecule has 0 fully saturated rings. The molecule has 0 rings (SSSR count). The molecule has 0 aliphatic heterocycles. The van der Waals surface area contributed by atoms with Crippen LogP contribution in [0.4, 0.5) is 0 Å². The zero-order valence-electron chi connectivity index (χ0n) is 18.0. The van der Waals surface area contributed by atoms with Crippen molar-refractivity contribution in [1.29, 1.82) is 0 Å². The summed E-state index contributed by atoms with van der Waals surface area (Å²) in [5.41, 5.74) is 0. The minimum Gasteiger partial charge on any atom is -0.480 e. The van der Waals surface area contributed by atoms with Gasteiger partial charge in [-0.2, -0.15) is 0 Å². The van der Waals surface area contributed by atoms with E-state index in [2.05, 4.69) is 0 Å². The molecular weight excluding hydrogens is 432 g/mol. The van der Waals surface area contributed by atoms with Crippen LogP contribution in [0.2, 0.25) is 0 Å². The number of rotatable bonds is 19. The first-order valence-electron chi connectivity index (χ1n) is 10.1. The van der Waals surface area contributed by atoms with E-state index in [-0.39, 0.29) is 78.8 Å². The monoisotopic (exact) mass is 466 g/mol. The van der Waals surface area contributed by atoms with Crippen molar-refractivity contribution in [2.45, 2.75) is 0 Å². The molecule has 0 aromatic carbocycles. The van der Waals surface area contributed by atoms with Crippen LogP contribution in [-0.2, 0) is 19.2 Å².